The van der Waals surface area contributed by atoms with Crippen LogP contribution < -0.4 is 4.90 Å². The number of hydrogen-bond acceptors (Lipinski definition) is 9. The third-order valence-electron chi connectivity index (χ3n) is 10.5. The van der Waals surface area contributed by atoms with Crippen molar-refractivity contribution in [3.05, 3.63) is 83.6 Å². The highest BCUT2D eigenvalue weighted by molar-refractivity contribution is 7.89. The first-order valence-corrected chi connectivity index (χ1v) is 22.9. The average Bonchev–Trinajstić information content (AvgIpc) is 3.43. The zero-order chi connectivity index (χ0) is 42.7. The Bertz CT molecular complexity index is 2360. The lowest BCUT2D eigenvalue weighted by Gasteiger charge is -2.27. The van der Waals surface area contributed by atoms with Crippen molar-refractivity contribution in [1.82, 2.24) is 8.61 Å². The van der Waals surface area contributed by atoms with E-state index in [9.17, 15) is 39.4 Å². The number of benzene rings is 2. The van der Waals surface area contributed by atoms with E-state index in [1.807, 2.05) is 74.6 Å². The van der Waals surface area contributed by atoms with Crippen molar-refractivity contribution in [3.63, 3.8) is 0 Å². The highest BCUT2D eigenvalue weighted by Crippen LogP contribution is 2.49. The summed E-state index contributed by atoms with van der Waals surface area (Å²) in [5, 5.41) is 17.9. The second-order valence-corrected chi connectivity index (χ2v) is 20.9. The van der Waals surface area contributed by atoms with Gasteiger partial charge in [-0.05, 0) is 75.1 Å². The predicted molar refractivity (Wildman–Crippen MR) is 218 cm³/mol. The molecule has 2 aromatic rings. The normalized spacial score (nSPS) is 17.4. The molecule has 0 saturated carbocycles. The maximum absolute atomic E-state index is 13.5. The molecule has 57 heavy (non-hydrogen) atoms. The fourth-order valence-electron chi connectivity index (χ4n) is 7.30. The molecular weight excluding hydrogens is 797 g/mol. The van der Waals surface area contributed by atoms with E-state index in [0.717, 1.165) is 27.0 Å². The van der Waals surface area contributed by atoms with Crippen LogP contribution in [0, 0.1) is 0 Å². The van der Waals surface area contributed by atoms with E-state index in [-0.39, 0.29) is 61.5 Å². The van der Waals surface area contributed by atoms with Gasteiger partial charge in [-0.15, -0.1) is 0 Å². The molecule has 0 radical (unpaired) electrons. The van der Waals surface area contributed by atoms with Gasteiger partial charge in [0.05, 0.1) is 21.0 Å². The minimum Gasteiger partial charge on any atom is -0.481 e. The molecule has 0 saturated heterocycles. The van der Waals surface area contributed by atoms with Gasteiger partial charge in [0.2, 0.25) is 25.7 Å². The van der Waals surface area contributed by atoms with Crippen molar-refractivity contribution in [2.24, 2.45) is 0 Å². The fraction of sp³-hybridized carbons (Fsp3) is 0.462. The number of fused-ring (bicyclic) bond motifs is 2. The summed E-state index contributed by atoms with van der Waals surface area (Å²) in [6.45, 7) is 8.18. The summed E-state index contributed by atoms with van der Waals surface area (Å²) in [5.41, 5.74) is 3.39. The van der Waals surface area contributed by atoms with Crippen LogP contribution in [0.5, 0.6) is 0 Å². The molecular formula is C39H53N4O11S3+. The first-order chi connectivity index (χ1) is 26.3. The highest BCUT2D eigenvalue weighted by atomic mass is 32.2. The zero-order valence-corrected chi connectivity index (χ0v) is 35.8. The minimum atomic E-state index is -4.22. The molecule has 3 N–H and O–H groups in total. The van der Waals surface area contributed by atoms with Crippen molar-refractivity contribution in [2.75, 3.05) is 51.4 Å². The van der Waals surface area contributed by atoms with Crippen molar-refractivity contribution in [1.29, 1.82) is 0 Å². The first-order valence-electron chi connectivity index (χ1n) is 18.4. The van der Waals surface area contributed by atoms with Gasteiger partial charge in [-0.3, -0.25) is 14.1 Å². The quantitative estimate of drug-likeness (QED) is 0.0996. The average molecular weight is 850 g/mol. The van der Waals surface area contributed by atoms with Crippen LogP contribution in [0.1, 0.15) is 70.9 Å². The minimum absolute atomic E-state index is 0.0245. The lowest BCUT2D eigenvalue weighted by molar-refractivity contribution is -0.401. The van der Waals surface area contributed by atoms with E-state index >= 15 is 0 Å². The van der Waals surface area contributed by atoms with E-state index in [0.29, 0.717) is 11.3 Å². The van der Waals surface area contributed by atoms with E-state index in [1.54, 1.807) is 30.3 Å². The summed E-state index contributed by atoms with van der Waals surface area (Å²) in [5.74, 6) is -2.46. The van der Waals surface area contributed by atoms with Gasteiger partial charge >= 0.3 is 11.9 Å². The van der Waals surface area contributed by atoms with Gasteiger partial charge in [0.1, 0.15) is 7.05 Å². The molecule has 0 aromatic heterocycles. The lowest BCUT2D eigenvalue weighted by atomic mass is 9.81. The number of nitrogens with zero attached hydrogens (tertiary/aromatic N) is 4. The molecule has 0 atom stereocenters. The number of carbonyl (C=O) groups is 2. The summed E-state index contributed by atoms with van der Waals surface area (Å²) in [6.07, 6.45) is 9.45. The van der Waals surface area contributed by atoms with Gasteiger partial charge in [-0.2, -0.15) is 13.0 Å². The smallest absolute Gasteiger partial charge is 0.303 e. The third kappa shape index (κ3) is 10.1. The second-order valence-electron chi connectivity index (χ2n) is 15.3. The Morgan fingerprint density at radius 1 is 0.754 bits per heavy atom. The Morgan fingerprint density at radius 3 is 1.81 bits per heavy atom. The van der Waals surface area contributed by atoms with E-state index in [2.05, 4.69) is 0 Å². The van der Waals surface area contributed by atoms with Crippen molar-refractivity contribution >= 4 is 59.2 Å². The van der Waals surface area contributed by atoms with Crippen LogP contribution in [0.15, 0.2) is 82.3 Å². The maximum atomic E-state index is 13.5. The molecule has 0 unspecified atom stereocenters. The highest BCUT2D eigenvalue weighted by Gasteiger charge is 2.44. The van der Waals surface area contributed by atoms with Gasteiger partial charge in [-0.1, -0.05) is 32.1 Å². The van der Waals surface area contributed by atoms with Gasteiger partial charge < -0.3 is 15.1 Å². The third-order valence-corrected chi connectivity index (χ3v) is 15.0. The van der Waals surface area contributed by atoms with Crippen molar-refractivity contribution < 1.29 is 54.2 Å². The topological polar surface area (TPSA) is 210 Å². The van der Waals surface area contributed by atoms with E-state index < -0.39 is 58.7 Å². The molecule has 2 aliphatic heterocycles. The van der Waals surface area contributed by atoms with Crippen LogP contribution in [0.4, 0.5) is 11.4 Å². The lowest BCUT2D eigenvalue weighted by Crippen LogP contribution is -2.29. The largest absolute Gasteiger partial charge is 0.481 e. The number of carboxylic acid groups (broad SMARTS) is 2. The molecule has 0 amide bonds. The standard InChI is InChI=1S/C39H52N4O11S3/c1-38(2)30-26-28(56(51,52)40(5)22-11-16-36(44)45)18-20-32(30)42(7)34(38)14-9-8-10-15-35-39(3,4)31-27-29(57(53,54)41(6)23-12-17-37(46)47)19-21-33(31)43(35)24-13-25-55(48,49)50/h8-10,14-15,18-21,26-27H,11-13,16-17,22-25H2,1-7H3,(H2-,44,45,46,47,48,49,50)/p+1. The van der Waals surface area contributed by atoms with Gasteiger partial charge in [-0.25, -0.2) is 25.4 Å². The van der Waals surface area contributed by atoms with Crippen LogP contribution in [-0.2, 0) is 50.6 Å². The Kier molecular flexibility index (Phi) is 13.8. The number of aliphatic carboxylic acids is 2. The second kappa shape index (κ2) is 17.3. The SMILES string of the molecule is CN(CCCC(=O)O)S(=O)(=O)c1ccc2c(c1)C(C)(C)C(=CC=CC=CC1=[N+](C)c3ccc(S(=O)(=O)N(C)CCCC(=O)O)cc3C1(C)C)N2CCCS(=O)(=O)O. The molecule has 0 aliphatic carbocycles. The van der Waals surface area contributed by atoms with E-state index in [1.165, 1.54) is 24.5 Å². The van der Waals surface area contributed by atoms with Crippen LogP contribution >= 0.6 is 0 Å². The monoisotopic (exact) mass is 849 g/mol. The predicted octanol–water partition coefficient (Wildman–Crippen LogP) is 4.74. The van der Waals surface area contributed by atoms with Gasteiger partial charge in [0.15, 0.2) is 5.71 Å². The molecule has 18 heteroatoms. The number of sulfonamides is 2. The Hall–Kier alpha value is -4.20. The zero-order valence-electron chi connectivity index (χ0n) is 33.3. The Balaban J connectivity index is 1.61. The summed E-state index contributed by atoms with van der Waals surface area (Å²) in [6, 6.07) is 9.73. The molecule has 4 rings (SSSR count). The number of allylic oxidation sites excluding steroid dienone is 6. The van der Waals surface area contributed by atoms with E-state index in [4.69, 9.17) is 10.2 Å². The summed E-state index contributed by atoms with van der Waals surface area (Å²) < 4.78 is 90.5. The Labute approximate surface area is 336 Å². The molecule has 2 heterocycles. The number of carboxylic acids is 2. The molecule has 15 nitrogen and oxygen atoms in total. The van der Waals surface area contributed by atoms with Crippen LogP contribution in [0.25, 0.3) is 0 Å². The van der Waals surface area contributed by atoms with Crippen molar-refractivity contribution in [3.8, 4) is 0 Å². The summed E-state index contributed by atoms with van der Waals surface area (Å²) in [7, 11) is -7.30. The van der Waals surface area contributed by atoms with Crippen LogP contribution in [-0.4, -0.2) is 117 Å². The van der Waals surface area contributed by atoms with Crippen LogP contribution in [0.3, 0.4) is 0 Å². The molecule has 312 valence electrons. The number of hydrogen-bond donors (Lipinski definition) is 3. The van der Waals surface area contributed by atoms with Crippen LogP contribution in [0.2, 0.25) is 0 Å². The number of anilines is 1. The molecule has 0 fully saturated rings. The molecule has 2 aromatic carbocycles. The fourth-order valence-corrected chi connectivity index (χ4v) is 10.3. The molecule has 2 aliphatic rings. The summed E-state index contributed by atoms with van der Waals surface area (Å²) >= 11 is 0. The Morgan fingerprint density at radius 2 is 1.28 bits per heavy atom. The van der Waals surface area contributed by atoms with Gasteiger partial charge in [0, 0.05) is 81.1 Å². The number of rotatable bonds is 19. The maximum Gasteiger partial charge on any atom is 0.303 e. The molecule has 0 spiro atoms. The molecule has 0 bridgehead atoms. The first kappa shape index (κ1) is 45.5. The summed E-state index contributed by atoms with van der Waals surface area (Å²) in [4.78, 5) is 24.0. The van der Waals surface area contributed by atoms with Crippen molar-refractivity contribution in [2.45, 2.75) is 80.4 Å². The van der Waals surface area contributed by atoms with Gasteiger partial charge in [0.25, 0.3) is 10.1 Å².